The Kier molecular flexibility index (Phi) is 4.99. The lowest BCUT2D eigenvalue weighted by Gasteiger charge is -2.24. The van der Waals surface area contributed by atoms with Crippen molar-refractivity contribution in [2.75, 3.05) is 18.9 Å². The molecule has 1 aliphatic heterocycles. The van der Waals surface area contributed by atoms with Crippen molar-refractivity contribution in [2.24, 2.45) is 0 Å². The predicted octanol–water partition coefficient (Wildman–Crippen LogP) is 3.09. The lowest BCUT2D eigenvalue weighted by atomic mass is 10.1. The zero-order valence-electron chi connectivity index (χ0n) is 12.8. The zero-order chi connectivity index (χ0) is 14.5. The number of anilines is 1. The number of nitrogens with one attached hydrogen (secondary N) is 1. The summed E-state index contributed by atoms with van der Waals surface area (Å²) in [5.41, 5.74) is 1.77. The van der Waals surface area contributed by atoms with Gasteiger partial charge in [0.15, 0.2) is 0 Å². The molecule has 2 rings (SSSR count). The van der Waals surface area contributed by atoms with Crippen molar-refractivity contribution in [1.82, 2.24) is 9.88 Å². The molecule has 0 spiro atoms. The Balaban J connectivity index is 2.26. The third-order valence-electron chi connectivity index (χ3n) is 4.00. The summed E-state index contributed by atoms with van der Waals surface area (Å²) >= 11 is 0. The number of aryl methyl sites for hydroxylation is 1. The van der Waals surface area contributed by atoms with Crippen LogP contribution < -0.4 is 5.32 Å². The fourth-order valence-corrected chi connectivity index (χ4v) is 2.92. The zero-order valence-corrected chi connectivity index (χ0v) is 12.8. The maximum absolute atomic E-state index is 12.7. The molecule has 1 aromatic rings. The molecule has 0 saturated carbocycles. The lowest BCUT2D eigenvalue weighted by Crippen LogP contribution is -2.35. The lowest BCUT2D eigenvalue weighted by molar-refractivity contribution is 0.0733. The second-order valence-corrected chi connectivity index (χ2v) is 5.44. The first-order valence-electron chi connectivity index (χ1n) is 7.69. The van der Waals surface area contributed by atoms with Crippen molar-refractivity contribution in [3.63, 3.8) is 0 Å². The quantitative estimate of drug-likeness (QED) is 0.898. The van der Waals surface area contributed by atoms with Crippen LogP contribution in [0.2, 0.25) is 0 Å². The van der Waals surface area contributed by atoms with Crippen LogP contribution in [-0.4, -0.2) is 35.4 Å². The van der Waals surface area contributed by atoms with Crippen molar-refractivity contribution in [1.29, 1.82) is 0 Å². The van der Waals surface area contributed by atoms with Gasteiger partial charge in [0.25, 0.3) is 5.91 Å². The highest BCUT2D eigenvalue weighted by atomic mass is 16.2. The van der Waals surface area contributed by atoms with Crippen LogP contribution in [0.15, 0.2) is 12.1 Å². The highest BCUT2D eigenvalue weighted by Crippen LogP contribution is 2.23. The van der Waals surface area contributed by atoms with Gasteiger partial charge in [-0.25, -0.2) is 4.98 Å². The van der Waals surface area contributed by atoms with Gasteiger partial charge in [-0.3, -0.25) is 4.79 Å². The van der Waals surface area contributed by atoms with Crippen LogP contribution in [0.5, 0.6) is 0 Å². The molecule has 0 radical (unpaired) electrons. The molecule has 1 unspecified atom stereocenters. The maximum atomic E-state index is 12.7. The number of carbonyl (C=O) groups is 1. The minimum Gasteiger partial charge on any atom is -0.373 e. The second kappa shape index (κ2) is 6.73. The van der Waals surface area contributed by atoms with Crippen molar-refractivity contribution in [2.45, 2.75) is 52.0 Å². The largest absolute Gasteiger partial charge is 0.373 e. The molecule has 0 aromatic carbocycles. The molecule has 1 aromatic heterocycles. The Hall–Kier alpha value is -1.58. The Labute approximate surface area is 121 Å². The minimum absolute atomic E-state index is 0.158. The molecule has 1 N–H and O–H groups in total. The summed E-state index contributed by atoms with van der Waals surface area (Å²) in [7, 11) is 1.84. The molecule has 110 valence electrons. The fraction of sp³-hybridized carbons (Fsp3) is 0.625. The van der Waals surface area contributed by atoms with E-state index in [0.717, 1.165) is 55.7 Å². The van der Waals surface area contributed by atoms with Gasteiger partial charge in [0.2, 0.25) is 0 Å². The second-order valence-electron chi connectivity index (χ2n) is 5.44. The van der Waals surface area contributed by atoms with Crippen LogP contribution in [0.25, 0.3) is 0 Å². The van der Waals surface area contributed by atoms with Gasteiger partial charge in [-0.2, -0.15) is 0 Å². The van der Waals surface area contributed by atoms with Gasteiger partial charge >= 0.3 is 0 Å². The van der Waals surface area contributed by atoms with Crippen molar-refractivity contribution < 1.29 is 4.79 Å². The molecular weight excluding hydrogens is 250 g/mol. The highest BCUT2D eigenvalue weighted by molar-refractivity contribution is 5.95. The Bertz CT molecular complexity index is 473. The number of likely N-dealkylation sites (tertiary alicyclic amines) is 1. The summed E-state index contributed by atoms with van der Waals surface area (Å²) in [4.78, 5) is 19.3. The highest BCUT2D eigenvalue weighted by Gasteiger charge is 2.28. The summed E-state index contributed by atoms with van der Waals surface area (Å²) in [6.07, 6.45) is 5.24. The van der Waals surface area contributed by atoms with E-state index < -0.39 is 0 Å². The Morgan fingerprint density at radius 3 is 2.90 bits per heavy atom. The van der Waals surface area contributed by atoms with Crippen molar-refractivity contribution in [3.05, 3.63) is 23.4 Å². The number of pyridine rings is 1. The van der Waals surface area contributed by atoms with Gasteiger partial charge in [0.1, 0.15) is 5.82 Å². The average Bonchev–Trinajstić information content (AvgIpc) is 2.94. The number of nitrogens with zero attached hydrogens (tertiary/aromatic N) is 2. The number of rotatable bonds is 5. The van der Waals surface area contributed by atoms with Crippen molar-refractivity contribution in [3.8, 4) is 0 Å². The van der Waals surface area contributed by atoms with E-state index >= 15 is 0 Å². The maximum Gasteiger partial charge on any atom is 0.254 e. The van der Waals surface area contributed by atoms with Gasteiger partial charge in [-0.05, 0) is 37.8 Å². The van der Waals surface area contributed by atoms with E-state index in [1.165, 1.54) is 0 Å². The van der Waals surface area contributed by atoms with Gasteiger partial charge in [0, 0.05) is 30.9 Å². The van der Waals surface area contributed by atoms with Crippen molar-refractivity contribution >= 4 is 11.7 Å². The van der Waals surface area contributed by atoms with Crippen LogP contribution in [0.3, 0.4) is 0 Å². The van der Waals surface area contributed by atoms with Crippen LogP contribution in [0, 0.1) is 0 Å². The molecular formula is C16H25N3O. The molecule has 0 bridgehead atoms. The Morgan fingerprint density at radius 1 is 1.45 bits per heavy atom. The number of amides is 1. The van der Waals surface area contributed by atoms with E-state index in [1.807, 2.05) is 24.1 Å². The van der Waals surface area contributed by atoms with Gasteiger partial charge in [-0.15, -0.1) is 0 Å². The molecule has 1 fully saturated rings. The molecule has 1 saturated heterocycles. The monoisotopic (exact) mass is 275 g/mol. The number of hydrogen-bond acceptors (Lipinski definition) is 3. The molecule has 4 nitrogen and oxygen atoms in total. The summed E-state index contributed by atoms with van der Waals surface area (Å²) in [6, 6.07) is 4.23. The minimum atomic E-state index is 0.158. The molecule has 4 heteroatoms. The van der Waals surface area contributed by atoms with E-state index in [2.05, 4.69) is 24.1 Å². The number of hydrogen-bond donors (Lipinski definition) is 1. The van der Waals surface area contributed by atoms with Crippen LogP contribution >= 0.6 is 0 Å². The Morgan fingerprint density at radius 2 is 2.25 bits per heavy atom. The van der Waals surface area contributed by atoms with Gasteiger partial charge < -0.3 is 10.2 Å². The summed E-state index contributed by atoms with van der Waals surface area (Å²) in [5.74, 6) is 0.942. The van der Waals surface area contributed by atoms with E-state index in [4.69, 9.17) is 0 Å². The summed E-state index contributed by atoms with van der Waals surface area (Å²) in [5, 5.41) is 3.05. The third kappa shape index (κ3) is 3.11. The van der Waals surface area contributed by atoms with E-state index in [0.29, 0.717) is 6.04 Å². The summed E-state index contributed by atoms with van der Waals surface area (Å²) in [6.45, 7) is 5.17. The van der Waals surface area contributed by atoms with E-state index in [-0.39, 0.29) is 5.91 Å². The molecule has 1 amide bonds. The topological polar surface area (TPSA) is 45.2 Å². The van der Waals surface area contributed by atoms with Gasteiger partial charge in [-0.1, -0.05) is 20.3 Å². The standard InChI is InChI=1S/C16H25N3O/c1-4-7-13-10-12(11-15(17-3)18-13)16(20)19-9-6-8-14(19)5-2/h10-11,14H,4-9H2,1-3H3,(H,17,18). The first-order chi connectivity index (χ1) is 9.69. The molecule has 20 heavy (non-hydrogen) atoms. The predicted molar refractivity (Wildman–Crippen MR) is 82.1 cm³/mol. The number of aromatic nitrogens is 1. The SMILES string of the molecule is CCCc1cc(C(=O)N2CCCC2CC)cc(NC)n1. The molecule has 1 aliphatic rings. The molecule has 1 atom stereocenters. The third-order valence-corrected chi connectivity index (χ3v) is 4.00. The molecule has 0 aliphatic carbocycles. The summed E-state index contributed by atoms with van der Waals surface area (Å²) < 4.78 is 0. The van der Waals surface area contributed by atoms with Crippen LogP contribution in [0.1, 0.15) is 55.6 Å². The van der Waals surface area contributed by atoms with Crippen LogP contribution in [-0.2, 0) is 6.42 Å². The first kappa shape index (κ1) is 14.8. The van der Waals surface area contributed by atoms with E-state index in [9.17, 15) is 4.79 Å². The molecule has 2 heterocycles. The fourth-order valence-electron chi connectivity index (χ4n) is 2.92. The van der Waals surface area contributed by atoms with E-state index in [1.54, 1.807) is 0 Å². The average molecular weight is 275 g/mol. The first-order valence-corrected chi connectivity index (χ1v) is 7.69. The van der Waals surface area contributed by atoms with Gasteiger partial charge in [0.05, 0.1) is 0 Å². The van der Waals surface area contributed by atoms with Crippen LogP contribution in [0.4, 0.5) is 5.82 Å². The smallest absolute Gasteiger partial charge is 0.254 e. The number of carbonyl (C=O) groups excluding carboxylic acids is 1. The normalized spacial score (nSPS) is 18.4.